The van der Waals surface area contributed by atoms with Crippen molar-refractivity contribution < 1.29 is 23.0 Å². The monoisotopic (exact) mass is 398 g/mol. The molecule has 0 spiro atoms. The predicted molar refractivity (Wildman–Crippen MR) is 99.7 cm³/mol. The van der Waals surface area contributed by atoms with Crippen LogP contribution in [0.3, 0.4) is 0 Å². The summed E-state index contributed by atoms with van der Waals surface area (Å²) in [6.07, 6.45) is 0. The summed E-state index contributed by atoms with van der Waals surface area (Å²) >= 11 is 3.33. The zero-order chi connectivity index (χ0) is 18.9. The van der Waals surface area contributed by atoms with Crippen LogP contribution in [0.15, 0.2) is 48.5 Å². The summed E-state index contributed by atoms with van der Waals surface area (Å²) in [6, 6.07) is 13.0. The third-order valence-electron chi connectivity index (χ3n) is 3.36. The van der Waals surface area contributed by atoms with Crippen LogP contribution >= 0.6 is 11.6 Å². The fourth-order valence-electron chi connectivity index (χ4n) is 2.04. The molecule has 7 nitrogen and oxygen atoms in total. The Morgan fingerprint density at radius 1 is 1.15 bits per heavy atom. The molecule has 0 aliphatic carbocycles. The van der Waals surface area contributed by atoms with Crippen LogP contribution in [-0.2, 0) is 17.8 Å². The van der Waals surface area contributed by atoms with Crippen LogP contribution < -0.4 is 14.8 Å². The summed E-state index contributed by atoms with van der Waals surface area (Å²) in [7, 11) is 1.55. The van der Waals surface area contributed by atoms with Crippen molar-refractivity contribution >= 4 is 28.9 Å². The van der Waals surface area contributed by atoms with Gasteiger partial charge in [-0.3, -0.25) is 4.55 Å². The second-order valence-corrected chi connectivity index (χ2v) is 6.49. The third-order valence-corrected chi connectivity index (χ3v) is 4.28. The number of hydrogen-bond donors (Lipinski definition) is 2. The van der Waals surface area contributed by atoms with Crippen molar-refractivity contribution in [2.24, 2.45) is 0 Å². The van der Waals surface area contributed by atoms with Crippen molar-refractivity contribution in [3.8, 4) is 11.5 Å². The molecule has 26 heavy (non-hydrogen) atoms. The molecule has 2 rings (SSSR count). The molecule has 0 fully saturated rings. The zero-order valence-electron chi connectivity index (χ0n) is 14.1. The Hall–Kier alpha value is -2.29. The van der Waals surface area contributed by atoms with E-state index in [1.165, 1.54) is 0 Å². The Kier molecular flexibility index (Phi) is 7.71. The highest BCUT2D eigenvalue weighted by atomic mass is 35.5. The number of rotatable bonds is 8. The number of nitrogens with one attached hydrogen (secondary N) is 1. The minimum Gasteiger partial charge on any atom is -0.497 e. The third kappa shape index (κ3) is 6.21. The Balaban J connectivity index is 1.83. The summed E-state index contributed by atoms with van der Waals surface area (Å²) in [5, 5.41) is 3.15. The molecule has 2 N–H and O–H groups in total. The lowest BCUT2D eigenvalue weighted by Gasteiger charge is -2.19. The van der Waals surface area contributed by atoms with Gasteiger partial charge in [0.05, 0.1) is 20.2 Å². The molecule has 0 saturated heterocycles. The maximum Gasteiger partial charge on any atom is 0.331 e. The van der Waals surface area contributed by atoms with E-state index in [1.807, 2.05) is 0 Å². The molecule has 140 valence electrons. The van der Waals surface area contributed by atoms with Crippen LogP contribution in [0.2, 0.25) is 5.02 Å². The lowest BCUT2D eigenvalue weighted by Crippen LogP contribution is -2.41. The Labute approximate surface area is 159 Å². The van der Waals surface area contributed by atoms with E-state index in [-0.39, 0.29) is 19.7 Å². The molecule has 0 bridgehead atoms. The van der Waals surface area contributed by atoms with Gasteiger partial charge >= 0.3 is 6.03 Å². The van der Waals surface area contributed by atoms with Crippen LogP contribution in [0.4, 0.5) is 4.79 Å². The van der Waals surface area contributed by atoms with Gasteiger partial charge in [0.25, 0.3) is 11.3 Å². The van der Waals surface area contributed by atoms with E-state index in [2.05, 4.69) is 5.32 Å². The number of carbonyl (C=O) groups is 1. The fraction of sp³-hybridized carbons (Fsp3) is 0.235. The van der Waals surface area contributed by atoms with E-state index in [0.29, 0.717) is 22.1 Å². The summed E-state index contributed by atoms with van der Waals surface area (Å²) in [5.74, 6) is 1.28. The molecular formula is C17H19ClN2O5S. The van der Waals surface area contributed by atoms with Crippen molar-refractivity contribution in [2.75, 3.05) is 20.3 Å². The largest absolute Gasteiger partial charge is 0.497 e. The second-order valence-electron chi connectivity index (χ2n) is 5.15. The number of carbonyl (C=O) groups excluding carboxylic acids is 1. The van der Waals surface area contributed by atoms with Gasteiger partial charge in [0.15, 0.2) is 0 Å². The molecule has 0 aromatic heterocycles. The molecule has 0 aliphatic rings. The maximum atomic E-state index is 12.1. The van der Waals surface area contributed by atoms with Gasteiger partial charge in [-0.1, -0.05) is 23.7 Å². The average molecular weight is 399 g/mol. The molecular weight excluding hydrogens is 380 g/mol. The molecule has 0 radical (unpaired) electrons. The van der Waals surface area contributed by atoms with E-state index in [4.69, 9.17) is 21.1 Å². The number of ether oxygens (including phenoxy) is 2. The van der Waals surface area contributed by atoms with Crippen LogP contribution in [0.5, 0.6) is 11.5 Å². The minimum atomic E-state index is -2.45. The maximum absolute atomic E-state index is 12.1. The van der Waals surface area contributed by atoms with Crippen molar-refractivity contribution in [3.63, 3.8) is 0 Å². The summed E-state index contributed by atoms with van der Waals surface area (Å²) in [5.41, 5.74) is 0.695. The summed E-state index contributed by atoms with van der Waals surface area (Å²) < 4.78 is 32.2. The highest BCUT2D eigenvalue weighted by molar-refractivity contribution is 7.77. The van der Waals surface area contributed by atoms with Gasteiger partial charge in [-0.25, -0.2) is 13.3 Å². The Morgan fingerprint density at radius 2 is 1.77 bits per heavy atom. The molecule has 2 aromatic carbocycles. The van der Waals surface area contributed by atoms with Gasteiger partial charge in [-0.2, -0.15) is 0 Å². The molecule has 0 heterocycles. The number of urea groups is 1. The number of halogens is 1. The minimum absolute atomic E-state index is 0.0169. The smallest absolute Gasteiger partial charge is 0.331 e. The van der Waals surface area contributed by atoms with E-state index in [9.17, 15) is 13.6 Å². The van der Waals surface area contributed by atoms with Crippen LogP contribution in [-0.4, -0.2) is 39.4 Å². The van der Waals surface area contributed by atoms with E-state index in [1.54, 1.807) is 55.6 Å². The predicted octanol–water partition coefficient (Wildman–Crippen LogP) is 3.08. The van der Waals surface area contributed by atoms with Crippen molar-refractivity contribution in [1.82, 2.24) is 9.62 Å². The van der Waals surface area contributed by atoms with Crippen LogP contribution in [0.25, 0.3) is 0 Å². The molecule has 1 atom stereocenters. The molecule has 0 saturated carbocycles. The molecule has 1 unspecified atom stereocenters. The normalized spacial score (nSPS) is 11.5. The number of amides is 2. The van der Waals surface area contributed by atoms with Gasteiger partial charge in [0, 0.05) is 5.02 Å². The first-order valence-electron chi connectivity index (χ1n) is 7.67. The lowest BCUT2D eigenvalue weighted by atomic mass is 10.2. The summed E-state index contributed by atoms with van der Waals surface area (Å²) in [6.45, 7) is 0.372. The highest BCUT2D eigenvalue weighted by Crippen LogP contribution is 2.15. The average Bonchev–Trinajstić information content (AvgIpc) is 2.64. The number of methoxy groups -OCH3 is 1. The van der Waals surface area contributed by atoms with Gasteiger partial charge in [-0.15, -0.1) is 0 Å². The first-order chi connectivity index (χ1) is 12.5. The van der Waals surface area contributed by atoms with Crippen LogP contribution in [0.1, 0.15) is 5.56 Å². The highest BCUT2D eigenvalue weighted by Gasteiger charge is 2.19. The van der Waals surface area contributed by atoms with Crippen molar-refractivity contribution in [2.45, 2.75) is 6.54 Å². The van der Waals surface area contributed by atoms with Crippen molar-refractivity contribution in [1.29, 1.82) is 0 Å². The Bertz CT molecular complexity index is 740. The number of nitrogens with zero attached hydrogens (tertiary/aromatic N) is 1. The van der Waals surface area contributed by atoms with E-state index in [0.717, 1.165) is 4.31 Å². The van der Waals surface area contributed by atoms with E-state index >= 15 is 0 Å². The van der Waals surface area contributed by atoms with E-state index < -0.39 is 17.3 Å². The molecule has 2 aromatic rings. The molecule has 9 heteroatoms. The quantitative estimate of drug-likeness (QED) is 0.527. The topological polar surface area (TPSA) is 88.1 Å². The zero-order valence-corrected chi connectivity index (χ0v) is 15.6. The van der Waals surface area contributed by atoms with Gasteiger partial charge < -0.3 is 14.8 Å². The molecule has 2 amide bonds. The van der Waals surface area contributed by atoms with Gasteiger partial charge in [0.2, 0.25) is 0 Å². The number of hydrogen-bond acceptors (Lipinski definition) is 4. The first kappa shape index (κ1) is 20.0. The number of benzene rings is 2. The second kappa shape index (κ2) is 10.0. The van der Waals surface area contributed by atoms with Gasteiger partial charge in [-0.05, 0) is 42.0 Å². The lowest BCUT2D eigenvalue weighted by molar-refractivity contribution is 0.217. The fourth-order valence-corrected chi connectivity index (χ4v) is 2.63. The summed E-state index contributed by atoms with van der Waals surface area (Å²) in [4.78, 5) is 12.1. The first-order valence-corrected chi connectivity index (χ1v) is 9.11. The SMILES string of the molecule is COc1ccc(CN(C(=O)NCCOc2ccc(Cl)cc2)S(=O)O)cc1. The molecule has 0 aliphatic heterocycles. The van der Waals surface area contributed by atoms with Gasteiger partial charge in [0.1, 0.15) is 18.1 Å². The standard InChI is InChI=1S/C17H19ClN2O5S/c1-24-15-6-2-13(3-7-15)12-20(26(22)23)17(21)19-10-11-25-16-8-4-14(18)5-9-16/h2-9H,10-12H2,1H3,(H,19,21)(H,22,23). The Morgan fingerprint density at radius 3 is 2.35 bits per heavy atom. The van der Waals surface area contributed by atoms with Crippen LogP contribution in [0, 0.1) is 0 Å². The van der Waals surface area contributed by atoms with Crippen molar-refractivity contribution in [3.05, 3.63) is 59.1 Å².